The molecule has 2 rings (SSSR count). The van der Waals surface area contributed by atoms with Crippen LogP contribution in [0, 0.1) is 0 Å². The predicted octanol–water partition coefficient (Wildman–Crippen LogP) is 6.77. The first-order valence-corrected chi connectivity index (χ1v) is 9.69. The van der Waals surface area contributed by atoms with Crippen LogP contribution in [-0.4, -0.2) is 11.6 Å². The Kier molecular flexibility index (Phi) is 9.46. The Morgan fingerprint density at radius 3 is 1.92 bits per heavy atom. The maximum Gasteiger partial charge on any atom is 0.119 e. The smallest absolute Gasteiger partial charge is 0.119 e. The standard InChI is InChI=1S/C23H31NO/c1-2-3-4-5-6-7-8-9-20-25-23-14-12-21(13-15-23)10-11-22-16-18-24-19-17-22/h10-19H,2-9,20H2,1H3/b11-10+. The van der Waals surface area contributed by atoms with Gasteiger partial charge in [-0.1, -0.05) is 76.2 Å². The summed E-state index contributed by atoms with van der Waals surface area (Å²) in [5.41, 5.74) is 2.33. The Bertz CT molecular complexity index is 589. The zero-order valence-electron chi connectivity index (χ0n) is 15.5. The van der Waals surface area contributed by atoms with E-state index in [2.05, 4.69) is 48.3 Å². The number of pyridine rings is 1. The van der Waals surface area contributed by atoms with E-state index in [1.54, 1.807) is 0 Å². The number of unbranched alkanes of at least 4 members (excludes halogenated alkanes) is 7. The maximum atomic E-state index is 5.84. The number of ether oxygens (including phenoxy) is 1. The Morgan fingerprint density at radius 1 is 0.720 bits per heavy atom. The molecule has 0 aliphatic carbocycles. The van der Waals surface area contributed by atoms with E-state index in [-0.39, 0.29) is 0 Å². The van der Waals surface area contributed by atoms with Crippen molar-refractivity contribution in [3.63, 3.8) is 0 Å². The lowest BCUT2D eigenvalue weighted by Gasteiger charge is -2.06. The summed E-state index contributed by atoms with van der Waals surface area (Å²) in [6.07, 6.45) is 18.5. The Hall–Kier alpha value is -2.09. The molecule has 25 heavy (non-hydrogen) atoms. The van der Waals surface area contributed by atoms with E-state index in [4.69, 9.17) is 4.74 Å². The Balaban J connectivity index is 1.60. The highest BCUT2D eigenvalue weighted by molar-refractivity contribution is 5.69. The third-order valence-electron chi connectivity index (χ3n) is 4.32. The van der Waals surface area contributed by atoms with E-state index in [9.17, 15) is 0 Å². The van der Waals surface area contributed by atoms with Crippen molar-refractivity contribution < 1.29 is 4.74 Å². The second kappa shape index (κ2) is 12.3. The van der Waals surface area contributed by atoms with Gasteiger partial charge in [-0.2, -0.15) is 0 Å². The minimum atomic E-state index is 0.821. The first kappa shape index (κ1) is 19.2. The quantitative estimate of drug-likeness (QED) is 0.399. The molecule has 1 aromatic heterocycles. The van der Waals surface area contributed by atoms with Gasteiger partial charge in [-0.05, 0) is 41.8 Å². The minimum absolute atomic E-state index is 0.821. The third-order valence-corrected chi connectivity index (χ3v) is 4.32. The van der Waals surface area contributed by atoms with Crippen LogP contribution in [0.4, 0.5) is 0 Å². The van der Waals surface area contributed by atoms with Crippen LogP contribution in [-0.2, 0) is 0 Å². The molecule has 134 valence electrons. The van der Waals surface area contributed by atoms with E-state index in [0.717, 1.165) is 24.3 Å². The second-order valence-corrected chi connectivity index (χ2v) is 6.51. The van der Waals surface area contributed by atoms with Gasteiger partial charge in [-0.3, -0.25) is 4.98 Å². The van der Waals surface area contributed by atoms with Crippen molar-refractivity contribution in [2.24, 2.45) is 0 Å². The van der Waals surface area contributed by atoms with E-state index in [1.165, 1.54) is 50.5 Å². The van der Waals surface area contributed by atoms with Crippen molar-refractivity contribution in [3.8, 4) is 5.75 Å². The van der Waals surface area contributed by atoms with Gasteiger partial charge in [0.15, 0.2) is 0 Å². The molecule has 0 aliphatic heterocycles. The highest BCUT2D eigenvalue weighted by Gasteiger charge is 1.95. The normalized spacial score (nSPS) is 11.1. The lowest BCUT2D eigenvalue weighted by atomic mass is 10.1. The zero-order chi connectivity index (χ0) is 17.6. The van der Waals surface area contributed by atoms with Crippen LogP contribution >= 0.6 is 0 Å². The van der Waals surface area contributed by atoms with Gasteiger partial charge in [0.25, 0.3) is 0 Å². The summed E-state index contributed by atoms with van der Waals surface area (Å²) in [4.78, 5) is 4.03. The Morgan fingerprint density at radius 2 is 1.28 bits per heavy atom. The molecule has 0 saturated heterocycles. The summed E-state index contributed by atoms with van der Waals surface area (Å²) in [5, 5.41) is 0. The molecule has 0 bridgehead atoms. The van der Waals surface area contributed by atoms with E-state index < -0.39 is 0 Å². The van der Waals surface area contributed by atoms with Crippen LogP contribution in [0.5, 0.6) is 5.75 Å². The molecule has 0 aliphatic rings. The summed E-state index contributed by atoms with van der Waals surface area (Å²) in [6, 6.07) is 12.3. The molecule has 1 heterocycles. The molecule has 0 fully saturated rings. The number of rotatable bonds is 12. The highest BCUT2D eigenvalue weighted by atomic mass is 16.5. The SMILES string of the molecule is CCCCCCCCCCOc1ccc(/C=C/c2ccncc2)cc1. The number of benzene rings is 1. The zero-order valence-corrected chi connectivity index (χ0v) is 15.5. The fourth-order valence-electron chi connectivity index (χ4n) is 2.77. The molecule has 0 N–H and O–H groups in total. The van der Waals surface area contributed by atoms with Gasteiger partial charge < -0.3 is 4.74 Å². The number of nitrogens with zero attached hydrogens (tertiary/aromatic N) is 1. The topological polar surface area (TPSA) is 22.1 Å². The predicted molar refractivity (Wildman–Crippen MR) is 108 cm³/mol. The van der Waals surface area contributed by atoms with Crippen molar-refractivity contribution in [1.82, 2.24) is 4.98 Å². The summed E-state index contributed by atoms with van der Waals surface area (Å²) in [6.45, 7) is 3.09. The molecule has 0 radical (unpaired) electrons. The average molecular weight is 338 g/mol. The van der Waals surface area contributed by atoms with Crippen LogP contribution in [0.25, 0.3) is 12.2 Å². The summed E-state index contributed by atoms with van der Waals surface area (Å²) >= 11 is 0. The highest BCUT2D eigenvalue weighted by Crippen LogP contribution is 2.15. The molecule has 2 heteroatoms. The molecule has 2 aromatic rings. The maximum absolute atomic E-state index is 5.84. The van der Waals surface area contributed by atoms with Gasteiger partial charge in [0, 0.05) is 12.4 Å². The van der Waals surface area contributed by atoms with Crippen LogP contribution in [0.3, 0.4) is 0 Å². The molecule has 0 amide bonds. The summed E-state index contributed by atoms with van der Waals surface area (Å²) in [5.74, 6) is 0.962. The number of hydrogen-bond acceptors (Lipinski definition) is 2. The van der Waals surface area contributed by atoms with Gasteiger partial charge in [-0.25, -0.2) is 0 Å². The molecule has 1 aromatic carbocycles. The first-order valence-electron chi connectivity index (χ1n) is 9.69. The lowest BCUT2D eigenvalue weighted by Crippen LogP contribution is -1.97. The van der Waals surface area contributed by atoms with Crippen molar-refractivity contribution >= 4 is 12.2 Å². The van der Waals surface area contributed by atoms with Gasteiger partial charge in [0.05, 0.1) is 6.61 Å². The molecule has 2 nitrogen and oxygen atoms in total. The number of aromatic nitrogens is 1. The van der Waals surface area contributed by atoms with Crippen molar-refractivity contribution in [3.05, 3.63) is 59.9 Å². The minimum Gasteiger partial charge on any atom is -0.494 e. The molecule has 0 spiro atoms. The number of hydrogen-bond donors (Lipinski definition) is 0. The van der Waals surface area contributed by atoms with E-state index in [0.29, 0.717) is 0 Å². The van der Waals surface area contributed by atoms with Crippen molar-refractivity contribution in [2.45, 2.75) is 58.3 Å². The fraction of sp³-hybridized carbons (Fsp3) is 0.435. The monoisotopic (exact) mass is 337 g/mol. The third kappa shape index (κ3) is 8.53. The molecule has 0 unspecified atom stereocenters. The molecular weight excluding hydrogens is 306 g/mol. The van der Waals surface area contributed by atoms with Crippen molar-refractivity contribution in [2.75, 3.05) is 6.61 Å². The molecule has 0 atom stereocenters. The van der Waals surface area contributed by atoms with E-state index in [1.807, 2.05) is 24.5 Å². The Labute approximate surface area is 153 Å². The van der Waals surface area contributed by atoms with Crippen LogP contribution in [0.1, 0.15) is 69.4 Å². The van der Waals surface area contributed by atoms with Crippen LogP contribution in [0.15, 0.2) is 48.8 Å². The lowest BCUT2D eigenvalue weighted by molar-refractivity contribution is 0.304. The van der Waals surface area contributed by atoms with Crippen molar-refractivity contribution in [1.29, 1.82) is 0 Å². The fourth-order valence-corrected chi connectivity index (χ4v) is 2.77. The van der Waals surface area contributed by atoms with E-state index >= 15 is 0 Å². The first-order chi connectivity index (χ1) is 12.4. The van der Waals surface area contributed by atoms with Gasteiger partial charge in [0.1, 0.15) is 5.75 Å². The van der Waals surface area contributed by atoms with Crippen LogP contribution < -0.4 is 4.74 Å². The van der Waals surface area contributed by atoms with Gasteiger partial charge >= 0.3 is 0 Å². The summed E-state index contributed by atoms with van der Waals surface area (Å²) in [7, 11) is 0. The molecular formula is C23H31NO. The van der Waals surface area contributed by atoms with Gasteiger partial charge in [-0.15, -0.1) is 0 Å². The summed E-state index contributed by atoms with van der Waals surface area (Å²) < 4.78 is 5.84. The largest absolute Gasteiger partial charge is 0.494 e. The molecule has 0 saturated carbocycles. The van der Waals surface area contributed by atoms with Crippen LogP contribution in [0.2, 0.25) is 0 Å². The average Bonchev–Trinajstić information content (AvgIpc) is 2.67. The van der Waals surface area contributed by atoms with Gasteiger partial charge in [0.2, 0.25) is 0 Å². The second-order valence-electron chi connectivity index (χ2n) is 6.51.